The molecule has 0 bridgehead atoms. The third-order valence-corrected chi connectivity index (χ3v) is 4.13. The minimum absolute atomic E-state index is 0.0371. The monoisotopic (exact) mass is 328 g/mol. The summed E-state index contributed by atoms with van der Waals surface area (Å²) in [5.41, 5.74) is 0.453. The Bertz CT molecular complexity index is 499. The second-order valence-electron chi connectivity index (χ2n) is 5.48. The number of amides is 1. The van der Waals surface area contributed by atoms with Crippen LogP contribution < -0.4 is 4.74 Å². The fraction of sp³-hybridized carbons (Fsp3) is 0.562. The normalized spacial score (nSPS) is 17.3. The molecule has 2 rings (SSSR count). The maximum atomic E-state index is 12.4. The van der Waals surface area contributed by atoms with Crippen molar-refractivity contribution in [3.63, 3.8) is 0 Å². The van der Waals surface area contributed by atoms with Crippen LogP contribution >= 0.6 is 0 Å². The van der Waals surface area contributed by atoms with Crippen molar-refractivity contribution < 1.29 is 23.4 Å². The zero-order valence-corrected chi connectivity index (χ0v) is 13.1. The first-order valence-electron chi connectivity index (χ1n) is 7.74. The molecule has 128 valence electrons. The smallest absolute Gasteiger partial charge is 0.387 e. The van der Waals surface area contributed by atoms with Gasteiger partial charge in [-0.05, 0) is 30.7 Å². The molecule has 0 spiro atoms. The highest BCUT2D eigenvalue weighted by Gasteiger charge is 2.25. The van der Waals surface area contributed by atoms with E-state index in [-0.39, 0.29) is 24.3 Å². The number of aliphatic hydroxyl groups excluding tert-OH is 1. The summed E-state index contributed by atoms with van der Waals surface area (Å²) in [7, 11) is 0. The summed E-state index contributed by atoms with van der Waals surface area (Å²) in [6.45, 7) is 1.89. The van der Waals surface area contributed by atoms with Crippen LogP contribution in [-0.2, 0) is 0 Å². The highest BCUT2D eigenvalue weighted by molar-refractivity contribution is 5.94. The van der Waals surface area contributed by atoms with Crippen molar-refractivity contribution in [1.29, 1.82) is 0 Å². The Morgan fingerprint density at radius 2 is 1.83 bits per heavy atom. The number of halogens is 2. The van der Waals surface area contributed by atoms with E-state index in [9.17, 15) is 18.7 Å². The molecule has 1 atom stereocenters. The minimum Gasteiger partial charge on any atom is -0.435 e. The van der Waals surface area contributed by atoms with E-state index >= 15 is 0 Å². The Kier molecular flexibility index (Phi) is 6.29. The van der Waals surface area contributed by atoms with Crippen molar-refractivity contribution >= 4 is 5.91 Å². The topological polar surface area (TPSA) is 53.0 Å². The van der Waals surface area contributed by atoms with Crippen LogP contribution in [0.1, 0.15) is 23.7 Å². The zero-order valence-electron chi connectivity index (χ0n) is 13.1. The minimum atomic E-state index is -2.87. The number of carbonyl (C=O) groups is 1. The number of hydrogen-bond donors (Lipinski definition) is 1. The Morgan fingerprint density at radius 3 is 2.30 bits per heavy atom. The number of nitrogens with zero attached hydrogens (tertiary/aromatic N) is 2. The van der Waals surface area contributed by atoms with Gasteiger partial charge >= 0.3 is 6.61 Å². The molecule has 1 N–H and O–H groups in total. The number of carbonyl (C=O) groups excluding carboxylic acids is 1. The first-order valence-corrected chi connectivity index (χ1v) is 7.74. The summed E-state index contributed by atoms with van der Waals surface area (Å²) in [6, 6.07) is 5.87. The van der Waals surface area contributed by atoms with E-state index in [0.717, 1.165) is 19.5 Å². The van der Waals surface area contributed by atoms with E-state index in [2.05, 4.69) is 9.64 Å². The number of aliphatic hydroxyl groups is 1. The summed E-state index contributed by atoms with van der Waals surface area (Å²) in [5, 5.41) is 9.33. The standard InChI is InChI=1S/C16H22F2N2O3/c1-2-13(11-21)19-7-9-20(10-8-19)15(22)12-3-5-14(6-4-12)23-16(17)18/h3-6,13,16,21H,2,7-11H2,1H3. The van der Waals surface area contributed by atoms with E-state index < -0.39 is 6.61 Å². The van der Waals surface area contributed by atoms with Crippen molar-refractivity contribution in [2.24, 2.45) is 0 Å². The number of hydrogen-bond acceptors (Lipinski definition) is 4. The predicted octanol–water partition coefficient (Wildman–Crippen LogP) is 1.82. The van der Waals surface area contributed by atoms with Crippen molar-refractivity contribution in [2.75, 3.05) is 32.8 Å². The predicted molar refractivity (Wildman–Crippen MR) is 81.7 cm³/mol. The zero-order chi connectivity index (χ0) is 16.8. The largest absolute Gasteiger partial charge is 0.435 e. The molecular weight excluding hydrogens is 306 g/mol. The Balaban J connectivity index is 1.92. The molecule has 1 heterocycles. The molecule has 1 aromatic carbocycles. The van der Waals surface area contributed by atoms with E-state index in [1.165, 1.54) is 24.3 Å². The van der Waals surface area contributed by atoms with Crippen LogP contribution in [0.2, 0.25) is 0 Å². The molecule has 0 saturated carbocycles. The second-order valence-corrected chi connectivity index (χ2v) is 5.48. The van der Waals surface area contributed by atoms with Crippen LogP contribution in [0, 0.1) is 0 Å². The fourth-order valence-electron chi connectivity index (χ4n) is 2.75. The van der Waals surface area contributed by atoms with Gasteiger partial charge in [0, 0.05) is 37.8 Å². The van der Waals surface area contributed by atoms with E-state index in [0.29, 0.717) is 18.7 Å². The van der Waals surface area contributed by atoms with Gasteiger partial charge in [-0.15, -0.1) is 0 Å². The molecule has 5 nitrogen and oxygen atoms in total. The van der Waals surface area contributed by atoms with Gasteiger partial charge in [0.2, 0.25) is 0 Å². The lowest BCUT2D eigenvalue weighted by atomic mass is 10.1. The van der Waals surface area contributed by atoms with E-state index in [4.69, 9.17) is 0 Å². The molecule has 0 radical (unpaired) electrons. The van der Waals surface area contributed by atoms with Crippen molar-refractivity contribution in [2.45, 2.75) is 26.0 Å². The number of piperazine rings is 1. The lowest BCUT2D eigenvalue weighted by molar-refractivity contribution is -0.0498. The lowest BCUT2D eigenvalue weighted by Gasteiger charge is -2.38. The van der Waals surface area contributed by atoms with Crippen LogP contribution in [0.25, 0.3) is 0 Å². The molecular formula is C16H22F2N2O3. The van der Waals surface area contributed by atoms with Crippen LogP contribution in [0.3, 0.4) is 0 Å². The van der Waals surface area contributed by atoms with Crippen molar-refractivity contribution in [3.8, 4) is 5.75 Å². The van der Waals surface area contributed by atoms with Crippen LogP contribution in [-0.4, -0.2) is 66.3 Å². The Morgan fingerprint density at radius 1 is 1.22 bits per heavy atom. The molecule has 1 amide bonds. The summed E-state index contributed by atoms with van der Waals surface area (Å²) in [4.78, 5) is 16.3. The lowest BCUT2D eigenvalue weighted by Crippen LogP contribution is -2.52. The Hall–Kier alpha value is -1.73. The van der Waals surface area contributed by atoms with Gasteiger partial charge in [-0.25, -0.2) is 0 Å². The second kappa shape index (κ2) is 8.21. The molecule has 0 aliphatic carbocycles. The highest BCUT2D eigenvalue weighted by atomic mass is 19.3. The van der Waals surface area contributed by atoms with Gasteiger partial charge in [-0.3, -0.25) is 9.69 Å². The fourth-order valence-corrected chi connectivity index (χ4v) is 2.75. The van der Waals surface area contributed by atoms with Gasteiger partial charge in [0.25, 0.3) is 5.91 Å². The van der Waals surface area contributed by atoms with Gasteiger partial charge in [-0.2, -0.15) is 8.78 Å². The van der Waals surface area contributed by atoms with Gasteiger partial charge in [0.1, 0.15) is 5.75 Å². The number of benzene rings is 1. The van der Waals surface area contributed by atoms with E-state index in [1.54, 1.807) is 4.90 Å². The number of rotatable bonds is 6. The van der Waals surface area contributed by atoms with Crippen LogP contribution in [0.5, 0.6) is 5.75 Å². The molecule has 1 fully saturated rings. The van der Waals surface area contributed by atoms with Crippen molar-refractivity contribution in [1.82, 2.24) is 9.80 Å². The summed E-state index contributed by atoms with van der Waals surface area (Å²) in [5.74, 6) is -0.0830. The SMILES string of the molecule is CCC(CO)N1CCN(C(=O)c2ccc(OC(F)F)cc2)CC1. The quantitative estimate of drug-likeness (QED) is 0.865. The first kappa shape index (κ1) is 17.6. The van der Waals surface area contributed by atoms with Crippen molar-refractivity contribution in [3.05, 3.63) is 29.8 Å². The number of alkyl halides is 2. The summed E-state index contributed by atoms with van der Waals surface area (Å²) >= 11 is 0. The number of ether oxygens (including phenoxy) is 1. The molecule has 23 heavy (non-hydrogen) atoms. The maximum absolute atomic E-state index is 12.4. The molecule has 7 heteroatoms. The third-order valence-electron chi connectivity index (χ3n) is 4.13. The molecule has 0 aromatic heterocycles. The molecule has 1 aromatic rings. The first-order chi connectivity index (χ1) is 11.0. The maximum Gasteiger partial charge on any atom is 0.387 e. The third kappa shape index (κ3) is 4.62. The Labute approximate surface area is 134 Å². The molecule has 1 aliphatic heterocycles. The van der Waals surface area contributed by atoms with Crippen LogP contribution in [0.15, 0.2) is 24.3 Å². The molecule has 1 aliphatic rings. The molecule has 1 saturated heterocycles. The van der Waals surface area contributed by atoms with E-state index in [1.807, 2.05) is 6.92 Å². The van der Waals surface area contributed by atoms with Gasteiger partial charge in [0.15, 0.2) is 0 Å². The summed E-state index contributed by atoms with van der Waals surface area (Å²) in [6.07, 6.45) is 0.871. The summed E-state index contributed by atoms with van der Waals surface area (Å²) < 4.78 is 28.5. The molecule has 1 unspecified atom stereocenters. The van der Waals surface area contributed by atoms with Crippen LogP contribution in [0.4, 0.5) is 8.78 Å². The average molecular weight is 328 g/mol. The average Bonchev–Trinajstić information content (AvgIpc) is 2.56. The van der Waals surface area contributed by atoms with Gasteiger partial charge in [0.05, 0.1) is 6.61 Å². The van der Waals surface area contributed by atoms with Gasteiger partial charge < -0.3 is 14.7 Å². The van der Waals surface area contributed by atoms with Gasteiger partial charge in [-0.1, -0.05) is 6.92 Å². The highest BCUT2D eigenvalue weighted by Crippen LogP contribution is 2.17.